The largest absolute Gasteiger partial charge is 0.339 e. The molecule has 0 unspecified atom stereocenters. The van der Waals surface area contributed by atoms with Crippen LogP contribution in [0.5, 0.6) is 0 Å². The fraction of sp³-hybridized carbons (Fsp3) is 0.529. The Morgan fingerprint density at radius 2 is 1.90 bits per heavy atom. The Hall–Kier alpha value is -1.84. The zero-order valence-corrected chi connectivity index (χ0v) is 13.1. The van der Waals surface area contributed by atoms with E-state index >= 15 is 0 Å². The molecule has 4 heteroatoms. The standard InChI is InChI=1S/C17H23N3O/c1-12(2)16-18-14-11-13(7-8-15(14)19(16)3)17(21)20-9-5-4-6-10-20/h7-8,11-12H,4-6,9-10H2,1-3H3. The summed E-state index contributed by atoms with van der Waals surface area (Å²) >= 11 is 0. The lowest BCUT2D eigenvalue weighted by Crippen LogP contribution is -2.35. The Kier molecular flexibility index (Phi) is 3.70. The monoisotopic (exact) mass is 285 g/mol. The Morgan fingerprint density at radius 1 is 1.19 bits per heavy atom. The van der Waals surface area contributed by atoms with Crippen molar-refractivity contribution in [3.63, 3.8) is 0 Å². The fourth-order valence-electron chi connectivity index (χ4n) is 3.15. The van der Waals surface area contributed by atoms with Crippen LogP contribution in [-0.4, -0.2) is 33.4 Å². The number of hydrogen-bond donors (Lipinski definition) is 0. The minimum atomic E-state index is 0.147. The van der Waals surface area contributed by atoms with Crippen LogP contribution in [0.2, 0.25) is 0 Å². The summed E-state index contributed by atoms with van der Waals surface area (Å²) in [5.74, 6) is 1.59. The van der Waals surface area contributed by atoms with Gasteiger partial charge in [-0.1, -0.05) is 13.8 Å². The van der Waals surface area contributed by atoms with Gasteiger partial charge in [0.05, 0.1) is 11.0 Å². The molecule has 2 aromatic rings. The smallest absolute Gasteiger partial charge is 0.253 e. The Labute approximate surface area is 125 Å². The zero-order chi connectivity index (χ0) is 15.0. The van der Waals surface area contributed by atoms with Gasteiger partial charge in [0.1, 0.15) is 5.82 Å². The summed E-state index contributed by atoms with van der Waals surface area (Å²) in [6.45, 7) is 6.05. The molecule has 0 bridgehead atoms. The molecule has 21 heavy (non-hydrogen) atoms. The van der Waals surface area contributed by atoms with Gasteiger partial charge in [-0.25, -0.2) is 4.98 Å². The second-order valence-corrected chi connectivity index (χ2v) is 6.24. The molecule has 1 aliphatic heterocycles. The minimum Gasteiger partial charge on any atom is -0.339 e. The summed E-state index contributed by atoms with van der Waals surface area (Å²) in [6, 6.07) is 5.90. The van der Waals surface area contributed by atoms with E-state index < -0.39 is 0 Å². The Bertz CT molecular complexity index is 666. The van der Waals surface area contributed by atoms with Gasteiger partial charge in [-0.05, 0) is 37.5 Å². The molecule has 0 radical (unpaired) electrons. The lowest BCUT2D eigenvalue weighted by atomic mass is 10.1. The van der Waals surface area contributed by atoms with E-state index in [2.05, 4.69) is 18.4 Å². The highest BCUT2D eigenvalue weighted by Gasteiger charge is 2.19. The van der Waals surface area contributed by atoms with Crippen molar-refractivity contribution in [3.8, 4) is 0 Å². The Morgan fingerprint density at radius 3 is 2.57 bits per heavy atom. The van der Waals surface area contributed by atoms with Gasteiger partial charge < -0.3 is 9.47 Å². The van der Waals surface area contributed by atoms with Gasteiger partial charge in [-0.3, -0.25) is 4.79 Å². The van der Waals surface area contributed by atoms with E-state index in [0.717, 1.165) is 48.4 Å². The average molecular weight is 285 g/mol. The highest BCUT2D eigenvalue weighted by Crippen LogP contribution is 2.22. The lowest BCUT2D eigenvalue weighted by molar-refractivity contribution is 0.0724. The maximum Gasteiger partial charge on any atom is 0.253 e. The number of imidazole rings is 1. The van der Waals surface area contributed by atoms with E-state index in [1.165, 1.54) is 6.42 Å². The van der Waals surface area contributed by atoms with Crippen molar-refractivity contribution in [1.82, 2.24) is 14.5 Å². The van der Waals surface area contributed by atoms with E-state index in [1.807, 2.05) is 30.1 Å². The van der Waals surface area contributed by atoms with E-state index in [0.29, 0.717) is 5.92 Å². The van der Waals surface area contributed by atoms with Gasteiger partial charge in [0.15, 0.2) is 0 Å². The van der Waals surface area contributed by atoms with Crippen LogP contribution in [0.3, 0.4) is 0 Å². The summed E-state index contributed by atoms with van der Waals surface area (Å²) in [5, 5.41) is 0. The van der Waals surface area contributed by atoms with Crippen molar-refractivity contribution in [2.45, 2.75) is 39.0 Å². The van der Waals surface area contributed by atoms with Crippen LogP contribution in [-0.2, 0) is 7.05 Å². The number of aryl methyl sites for hydroxylation is 1. The molecule has 0 aliphatic carbocycles. The molecule has 0 N–H and O–H groups in total. The average Bonchev–Trinajstić information content (AvgIpc) is 2.84. The van der Waals surface area contributed by atoms with Crippen LogP contribution >= 0.6 is 0 Å². The van der Waals surface area contributed by atoms with E-state index in [-0.39, 0.29) is 5.91 Å². The summed E-state index contributed by atoms with van der Waals surface area (Å²) in [5.41, 5.74) is 2.77. The number of likely N-dealkylation sites (tertiary alicyclic amines) is 1. The minimum absolute atomic E-state index is 0.147. The molecule has 1 saturated heterocycles. The van der Waals surface area contributed by atoms with Gasteiger partial charge in [-0.15, -0.1) is 0 Å². The highest BCUT2D eigenvalue weighted by atomic mass is 16.2. The SMILES string of the molecule is CC(C)c1nc2cc(C(=O)N3CCCCC3)ccc2n1C. The second-order valence-electron chi connectivity index (χ2n) is 6.24. The third-order valence-corrected chi connectivity index (χ3v) is 4.32. The van der Waals surface area contributed by atoms with Gasteiger partial charge in [0.2, 0.25) is 0 Å². The fourth-order valence-corrected chi connectivity index (χ4v) is 3.15. The first-order valence-electron chi connectivity index (χ1n) is 7.83. The molecule has 1 aliphatic rings. The van der Waals surface area contributed by atoms with Crippen molar-refractivity contribution in [1.29, 1.82) is 0 Å². The summed E-state index contributed by atoms with van der Waals surface area (Å²) in [7, 11) is 2.04. The number of nitrogens with zero attached hydrogens (tertiary/aromatic N) is 3. The van der Waals surface area contributed by atoms with Gasteiger partial charge in [0, 0.05) is 31.6 Å². The summed E-state index contributed by atoms with van der Waals surface area (Å²) < 4.78 is 2.12. The van der Waals surface area contributed by atoms with E-state index in [1.54, 1.807) is 0 Å². The van der Waals surface area contributed by atoms with Gasteiger partial charge in [0.25, 0.3) is 5.91 Å². The van der Waals surface area contributed by atoms with Crippen molar-refractivity contribution >= 4 is 16.9 Å². The molecule has 3 rings (SSSR count). The van der Waals surface area contributed by atoms with Crippen LogP contribution in [0.25, 0.3) is 11.0 Å². The molecule has 4 nitrogen and oxygen atoms in total. The molecule has 1 aromatic heterocycles. The van der Waals surface area contributed by atoms with Crippen LogP contribution in [0.15, 0.2) is 18.2 Å². The molecular formula is C17H23N3O. The van der Waals surface area contributed by atoms with Crippen molar-refractivity contribution in [2.75, 3.05) is 13.1 Å². The van der Waals surface area contributed by atoms with Crippen LogP contribution in [0, 0.1) is 0 Å². The number of aromatic nitrogens is 2. The third-order valence-electron chi connectivity index (χ3n) is 4.32. The lowest BCUT2D eigenvalue weighted by Gasteiger charge is -2.26. The molecule has 0 spiro atoms. The predicted octanol–water partition coefficient (Wildman–Crippen LogP) is 3.32. The number of rotatable bonds is 2. The van der Waals surface area contributed by atoms with Crippen molar-refractivity contribution in [2.24, 2.45) is 7.05 Å². The van der Waals surface area contributed by atoms with Gasteiger partial charge >= 0.3 is 0 Å². The number of benzene rings is 1. The Balaban J connectivity index is 1.95. The number of amides is 1. The first-order valence-corrected chi connectivity index (χ1v) is 7.83. The molecule has 1 fully saturated rings. The molecule has 0 atom stereocenters. The number of fused-ring (bicyclic) bond motifs is 1. The zero-order valence-electron chi connectivity index (χ0n) is 13.1. The quantitative estimate of drug-likeness (QED) is 0.849. The third kappa shape index (κ3) is 2.55. The van der Waals surface area contributed by atoms with E-state index in [4.69, 9.17) is 4.98 Å². The maximum absolute atomic E-state index is 12.6. The predicted molar refractivity (Wildman–Crippen MR) is 84.6 cm³/mol. The molecule has 1 aromatic carbocycles. The number of carbonyl (C=O) groups is 1. The van der Waals surface area contributed by atoms with Crippen molar-refractivity contribution < 1.29 is 4.79 Å². The van der Waals surface area contributed by atoms with Crippen LogP contribution in [0.4, 0.5) is 0 Å². The highest BCUT2D eigenvalue weighted by molar-refractivity contribution is 5.97. The number of hydrogen-bond acceptors (Lipinski definition) is 2. The number of piperidine rings is 1. The first kappa shape index (κ1) is 14.1. The van der Waals surface area contributed by atoms with Crippen LogP contribution in [0.1, 0.15) is 55.2 Å². The molecule has 2 heterocycles. The number of carbonyl (C=O) groups excluding carboxylic acids is 1. The maximum atomic E-state index is 12.6. The van der Waals surface area contributed by atoms with Gasteiger partial charge in [-0.2, -0.15) is 0 Å². The molecule has 112 valence electrons. The summed E-state index contributed by atoms with van der Waals surface area (Å²) in [6.07, 6.45) is 3.48. The molecule has 1 amide bonds. The molecular weight excluding hydrogens is 262 g/mol. The topological polar surface area (TPSA) is 38.1 Å². The van der Waals surface area contributed by atoms with E-state index in [9.17, 15) is 4.79 Å². The van der Waals surface area contributed by atoms with Crippen molar-refractivity contribution in [3.05, 3.63) is 29.6 Å². The summed E-state index contributed by atoms with van der Waals surface area (Å²) in [4.78, 5) is 19.2. The normalized spacial score (nSPS) is 15.9. The molecule has 0 saturated carbocycles. The first-order chi connectivity index (χ1) is 10.1. The second kappa shape index (κ2) is 5.51. The van der Waals surface area contributed by atoms with Crippen LogP contribution < -0.4 is 0 Å².